The summed E-state index contributed by atoms with van der Waals surface area (Å²) in [6, 6.07) is 10.6. The number of benzene rings is 1. The van der Waals surface area contributed by atoms with Crippen molar-refractivity contribution in [1.29, 1.82) is 0 Å². The zero-order chi connectivity index (χ0) is 18.7. The van der Waals surface area contributed by atoms with Crippen LogP contribution in [-0.4, -0.2) is 32.1 Å². The van der Waals surface area contributed by atoms with Gasteiger partial charge in [-0.3, -0.25) is 4.79 Å². The van der Waals surface area contributed by atoms with E-state index in [1.54, 1.807) is 0 Å². The van der Waals surface area contributed by atoms with Gasteiger partial charge in [0.1, 0.15) is 5.82 Å². The minimum atomic E-state index is 0.0556. The van der Waals surface area contributed by atoms with Gasteiger partial charge in [0.15, 0.2) is 5.82 Å². The molecule has 1 aliphatic carbocycles. The van der Waals surface area contributed by atoms with Crippen molar-refractivity contribution in [1.82, 2.24) is 19.7 Å². The summed E-state index contributed by atoms with van der Waals surface area (Å²) >= 11 is 0. The van der Waals surface area contributed by atoms with Gasteiger partial charge in [0.25, 0.3) is 0 Å². The van der Waals surface area contributed by atoms with Gasteiger partial charge >= 0.3 is 0 Å². The van der Waals surface area contributed by atoms with Gasteiger partial charge in [0.05, 0.1) is 12.6 Å². The fourth-order valence-electron chi connectivity index (χ4n) is 4.77. The van der Waals surface area contributed by atoms with Crippen LogP contribution in [0.2, 0.25) is 0 Å². The molecule has 2 aromatic rings. The maximum Gasteiger partial charge on any atom is 0.227 e. The van der Waals surface area contributed by atoms with Crippen LogP contribution in [0.4, 0.5) is 0 Å². The average molecular weight is 352 g/mol. The molecule has 2 heterocycles. The van der Waals surface area contributed by atoms with E-state index >= 15 is 0 Å². The standard InChI is InChI=1S/C21H28N4O/c1-14-22-23-17-13-24(19(26)18-20(2,3)21(18,4)5)12-16(25(14)17)11-15-9-7-6-8-10-15/h6-10,16,18H,11-13H2,1-5H3/t16-/m1/s1. The smallest absolute Gasteiger partial charge is 0.227 e. The second-order valence-corrected chi connectivity index (χ2v) is 8.97. The fourth-order valence-corrected chi connectivity index (χ4v) is 4.77. The molecule has 1 aliphatic heterocycles. The van der Waals surface area contributed by atoms with Crippen LogP contribution in [0.25, 0.3) is 0 Å². The van der Waals surface area contributed by atoms with Crippen molar-refractivity contribution >= 4 is 5.91 Å². The molecule has 0 unspecified atom stereocenters. The number of aromatic nitrogens is 3. The molecule has 0 bridgehead atoms. The molecule has 5 heteroatoms. The highest BCUT2D eigenvalue weighted by molar-refractivity contribution is 5.84. The van der Waals surface area contributed by atoms with E-state index < -0.39 is 0 Å². The average Bonchev–Trinajstić information content (AvgIpc) is 2.85. The normalized spacial score (nSPS) is 23.6. The summed E-state index contributed by atoms with van der Waals surface area (Å²) in [7, 11) is 0. The molecule has 1 atom stereocenters. The van der Waals surface area contributed by atoms with E-state index in [9.17, 15) is 4.79 Å². The third-order valence-corrected chi connectivity index (χ3v) is 6.96. The number of fused-ring (bicyclic) bond motifs is 1. The Balaban J connectivity index is 1.61. The molecule has 4 rings (SSSR count). The van der Waals surface area contributed by atoms with Crippen LogP contribution in [0.3, 0.4) is 0 Å². The summed E-state index contributed by atoms with van der Waals surface area (Å²) in [5, 5.41) is 8.63. The lowest BCUT2D eigenvalue weighted by atomic mass is 10.0. The Morgan fingerprint density at radius 2 is 1.77 bits per heavy atom. The number of carbonyl (C=O) groups excluding carboxylic acids is 1. The number of hydrogen-bond acceptors (Lipinski definition) is 3. The summed E-state index contributed by atoms with van der Waals surface area (Å²) < 4.78 is 2.22. The lowest BCUT2D eigenvalue weighted by molar-refractivity contribution is -0.136. The van der Waals surface area contributed by atoms with Crippen molar-refractivity contribution in [3.8, 4) is 0 Å². The van der Waals surface area contributed by atoms with Crippen LogP contribution >= 0.6 is 0 Å². The molecule has 5 nitrogen and oxygen atoms in total. The second-order valence-electron chi connectivity index (χ2n) is 8.97. The molecule has 138 valence electrons. The van der Waals surface area contributed by atoms with Crippen molar-refractivity contribution in [2.45, 2.75) is 53.6 Å². The molecule has 1 aromatic carbocycles. The maximum atomic E-state index is 13.3. The number of hydrogen-bond donors (Lipinski definition) is 0. The third-order valence-electron chi connectivity index (χ3n) is 6.96. The number of carbonyl (C=O) groups is 1. The van der Waals surface area contributed by atoms with E-state index in [0.29, 0.717) is 6.54 Å². The Bertz CT molecular complexity index is 823. The van der Waals surface area contributed by atoms with Crippen molar-refractivity contribution < 1.29 is 4.79 Å². The van der Waals surface area contributed by atoms with Crippen molar-refractivity contribution in [3.05, 3.63) is 47.5 Å². The quantitative estimate of drug-likeness (QED) is 0.851. The number of amides is 1. The van der Waals surface area contributed by atoms with Crippen molar-refractivity contribution in [2.75, 3.05) is 6.54 Å². The first-order valence-electron chi connectivity index (χ1n) is 9.46. The van der Waals surface area contributed by atoms with E-state index in [1.807, 2.05) is 17.9 Å². The Morgan fingerprint density at radius 1 is 1.12 bits per heavy atom. The fraction of sp³-hybridized carbons (Fsp3) is 0.571. The molecule has 0 spiro atoms. The predicted octanol–water partition coefficient (Wildman–Crippen LogP) is 3.39. The first kappa shape index (κ1) is 17.3. The molecular formula is C21H28N4O. The first-order valence-corrected chi connectivity index (χ1v) is 9.46. The van der Waals surface area contributed by atoms with Gasteiger partial charge in [0, 0.05) is 12.5 Å². The van der Waals surface area contributed by atoms with Gasteiger partial charge in [0.2, 0.25) is 5.91 Å². The van der Waals surface area contributed by atoms with Crippen LogP contribution in [0.5, 0.6) is 0 Å². The van der Waals surface area contributed by atoms with Gasteiger partial charge in [-0.2, -0.15) is 0 Å². The summed E-state index contributed by atoms with van der Waals surface area (Å²) in [5.74, 6) is 2.19. The second kappa shape index (κ2) is 5.66. The van der Waals surface area contributed by atoms with E-state index in [0.717, 1.165) is 24.6 Å². The van der Waals surface area contributed by atoms with E-state index in [1.165, 1.54) is 5.56 Å². The maximum absolute atomic E-state index is 13.3. The van der Waals surface area contributed by atoms with Gasteiger partial charge in [-0.1, -0.05) is 58.0 Å². The molecule has 0 saturated heterocycles. The zero-order valence-electron chi connectivity index (χ0n) is 16.4. The summed E-state index contributed by atoms with van der Waals surface area (Å²) in [4.78, 5) is 15.3. The molecular weight excluding hydrogens is 324 g/mol. The first-order chi connectivity index (χ1) is 12.2. The van der Waals surface area contributed by atoms with Crippen LogP contribution in [0, 0.1) is 23.7 Å². The lowest BCUT2D eigenvalue weighted by Crippen LogP contribution is -2.43. The van der Waals surface area contributed by atoms with Crippen molar-refractivity contribution in [2.24, 2.45) is 16.7 Å². The zero-order valence-corrected chi connectivity index (χ0v) is 16.4. The molecule has 26 heavy (non-hydrogen) atoms. The van der Waals surface area contributed by atoms with Gasteiger partial charge in [-0.15, -0.1) is 10.2 Å². The minimum absolute atomic E-state index is 0.0556. The van der Waals surface area contributed by atoms with Crippen molar-refractivity contribution in [3.63, 3.8) is 0 Å². The highest BCUT2D eigenvalue weighted by atomic mass is 16.2. The Morgan fingerprint density at radius 3 is 2.38 bits per heavy atom. The SMILES string of the molecule is Cc1nnc2n1[C@H](Cc1ccccc1)CN(C(=O)C1C(C)(C)C1(C)C)C2. The highest BCUT2D eigenvalue weighted by Crippen LogP contribution is 2.68. The molecule has 1 amide bonds. The van der Waals surface area contributed by atoms with Gasteiger partial charge in [-0.05, 0) is 29.7 Å². The van der Waals surface area contributed by atoms with Crippen LogP contribution in [0.1, 0.15) is 50.9 Å². The minimum Gasteiger partial charge on any atom is -0.333 e. The van der Waals surface area contributed by atoms with E-state index in [-0.39, 0.29) is 28.7 Å². The number of nitrogens with zero attached hydrogens (tertiary/aromatic N) is 4. The molecule has 0 N–H and O–H groups in total. The Kier molecular flexibility index (Phi) is 3.76. The Labute approximate surface area is 155 Å². The summed E-state index contributed by atoms with van der Waals surface area (Å²) in [6.07, 6.45) is 0.883. The lowest BCUT2D eigenvalue weighted by Gasteiger charge is -2.35. The van der Waals surface area contributed by atoms with Gasteiger partial charge in [-0.25, -0.2) is 0 Å². The van der Waals surface area contributed by atoms with Crippen LogP contribution in [0.15, 0.2) is 30.3 Å². The Hall–Kier alpha value is -2.17. The third kappa shape index (κ3) is 2.48. The largest absolute Gasteiger partial charge is 0.333 e. The van der Waals surface area contributed by atoms with Crippen LogP contribution in [-0.2, 0) is 17.8 Å². The number of rotatable bonds is 3. The molecule has 1 aromatic heterocycles. The monoisotopic (exact) mass is 352 g/mol. The highest BCUT2D eigenvalue weighted by Gasteiger charge is 2.69. The molecule has 0 radical (unpaired) electrons. The number of aryl methyl sites for hydroxylation is 1. The predicted molar refractivity (Wildman–Crippen MR) is 100 cm³/mol. The summed E-state index contributed by atoms with van der Waals surface area (Å²) in [5.41, 5.74) is 1.39. The van der Waals surface area contributed by atoms with E-state index in [2.05, 4.69) is 66.7 Å². The van der Waals surface area contributed by atoms with Crippen LogP contribution < -0.4 is 0 Å². The molecule has 1 fully saturated rings. The molecule has 1 saturated carbocycles. The summed E-state index contributed by atoms with van der Waals surface area (Å²) in [6.45, 7) is 12.1. The van der Waals surface area contributed by atoms with Gasteiger partial charge < -0.3 is 9.47 Å². The topological polar surface area (TPSA) is 51.0 Å². The van der Waals surface area contributed by atoms with E-state index in [4.69, 9.17) is 0 Å². The molecule has 2 aliphatic rings.